The zero-order valence-electron chi connectivity index (χ0n) is 12.6. The third kappa shape index (κ3) is 2.60. The van der Waals surface area contributed by atoms with Gasteiger partial charge < -0.3 is 10.6 Å². The molecule has 4 nitrogen and oxygen atoms in total. The quantitative estimate of drug-likeness (QED) is 0.781. The molecule has 1 unspecified atom stereocenters. The Morgan fingerprint density at radius 1 is 1.05 bits per heavy atom. The Hall–Kier alpha value is -0.610. The number of rotatable bonds is 2. The SMILES string of the molecule is NCC1(C(=O)N2CCN3CCCC3C2)CCCCCC1. The predicted octanol–water partition coefficient (Wildman–Crippen LogP) is 1.59. The van der Waals surface area contributed by atoms with Crippen LogP contribution in [0, 0.1) is 5.41 Å². The van der Waals surface area contributed by atoms with Crippen LogP contribution in [-0.4, -0.2) is 54.5 Å². The maximum atomic E-state index is 13.1. The smallest absolute Gasteiger partial charge is 0.230 e. The number of carbonyl (C=O) groups is 1. The standard InChI is InChI=1S/C16H29N3O/c17-13-16(7-3-1-2-4-8-16)15(20)19-11-10-18-9-5-6-14(18)12-19/h14H,1-13,17H2. The van der Waals surface area contributed by atoms with Gasteiger partial charge in [-0.05, 0) is 32.2 Å². The second-order valence-electron chi connectivity index (χ2n) is 6.98. The van der Waals surface area contributed by atoms with Crippen molar-refractivity contribution in [3.05, 3.63) is 0 Å². The van der Waals surface area contributed by atoms with Crippen LogP contribution in [0.15, 0.2) is 0 Å². The lowest BCUT2D eigenvalue weighted by Gasteiger charge is -2.42. The van der Waals surface area contributed by atoms with Crippen LogP contribution in [0.2, 0.25) is 0 Å². The van der Waals surface area contributed by atoms with Gasteiger partial charge in [-0.3, -0.25) is 9.69 Å². The number of hydrogen-bond donors (Lipinski definition) is 1. The van der Waals surface area contributed by atoms with Gasteiger partial charge in [0.25, 0.3) is 0 Å². The van der Waals surface area contributed by atoms with Crippen LogP contribution >= 0.6 is 0 Å². The van der Waals surface area contributed by atoms with Gasteiger partial charge >= 0.3 is 0 Å². The second kappa shape index (κ2) is 6.02. The maximum absolute atomic E-state index is 13.1. The normalized spacial score (nSPS) is 30.9. The van der Waals surface area contributed by atoms with E-state index in [0.717, 1.165) is 32.5 Å². The van der Waals surface area contributed by atoms with Crippen LogP contribution < -0.4 is 5.73 Å². The highest BCUT2D eigenvalue weighted by Gasteiger charge is 2.42. The van der Waals surface area contributed by atoms with Crippen LogP contribution in [0.1, 0.15) is 51.4 Å². The predicted molar refractivity (Wildman–Crippen MR) is 80.4 cm³/mol. The van der Waals surface area contributed by atoms with E-state index in [-0.39, 0.29) is 5.41 Å². The monoisotopic (exact) mass is 279 g/mol. The van der Waals surface area contributed by atoms with Crippen molar-refractivity contribution in [3.63, 3.8) is 0 Å². The molecule has 2 heterocycles. The fraction of sp³-hybridized carbons (Fsp3) is 0.938. The molecule has 20 heavy (non-hydrogen) atoms. The van der Waals surface area contributed by atoms with Crippen LogP contribution in [0.4, 0.5) is 0 Å². The molecule has 2 saturated heterocycles. The number of carbonyl (C=O) groups excluding carboxylic acids is 1. The molecule has 0 bridgehead atoms. The Morgan fingerprint density at radius 2 is 1.80 bits per heavy atom. The first-order valence-electron chi connectivity index (χ1n) is 8.49. The van der Waals surface area contributed by atoms with Crippen LogP contribution in [0.3, 0.4) is 0 Å². The molecule has 0 aromatic heterocycles. The minimum Gasteiger partial charge on any atom is -0.339 e. The first-order chi connectivity index (χ1) is 9.75. The summed E-state index contributed by atoms with van der Waals surface area (Å²) in [6, 6.07) is 0.619. The Balaban J connectivity index is 1.69. The number of piperazine rings is 1. The fourth-order valence-electron chi connectivity index (χ4n) is 4.42. The lowest BCUT2D eigenvalue weighted by atomic mass is 9.78. The molecule has 3 aliphatic rings. The summed E-state index contributed by atoms with van der Waals surface area (Å²) in [4.78, 5) is 17.8. The molecule has 0 spiro atoms. The van der Waals surface area contributed by atoms with Crippen LogP contribution in [0.25, 0.3) is 0 Å². The van der Waals surface area contributed by atoms with Gasteiger partial charge in [-0.1, -0.05) is 25.7 Å². The molecule has 3 fully saturated rings. The molecule has 4 heteroatoms. The summed E-state index contributed by atoms with van der Waals surface area (Å²) < 4.78 is 0. The third-order valence-corrected chi connectivity index (χ3v) is 5.78. The summed E-state index contributed by atoms with van der Waals surface area (Å²) in [5, 5.41) is 0. The fourth-order valence-corrected chi connectivity index (χ4v) is 4.42. The van der Waals surface area contributed by atoms with E-state index >= 15 is 0 Å². The molecule has 0 aromatic rings. The molecule has 1 aliphatic carbocycles. The second-order valence-corrected chi connectivity index (χ2v) is 6.98. The van der Waals surface area contributed by atoms with E-state index in [9.17, 15) is 4.79 Å². The Bertz CT molecular complexity index is 350. The third-order valence-electron chi connectivity index (χ3n) is 5.78. The topological polar surface area (TPSA) is 49.6 Å². The molecular weight excluding hydrogens is 250 g/mol. The number of nitrogens with two attached hydrogens (primary N) is 1. The van der Waals surface area contributed by atoms with E-state index in [1.807, 2.05) is 0 Å². The molecule has 3 rings (SSSR count). The van der Waals surface area contributed by atoms with Crippen molar-refractivity contribution < 1.29 is 4.79 Å². The average Bonchev–Trinajstić information content (AvgIpc) is 2.81. The van der Waals surface area contributed by atoms with E-state index in [0.29, 0.717) is 18.5 Å². The highest BCUT2D eigenvalue weighted by molar-refractivity contribution is 5.83. The van der Waals surface area contributed by atoms with Gasteiger partial charge in [0.05, 0.1) is 5.41 Å². The largest absolute Gasteiger partial charge is 0.339 e. The van der Waals surface area contributed by atoms with Gasteiger partial charge in [0.2, 0.25) is 5.91 Å². The van der Waals surface area contributed by atoms with Crippen LogP contribution in [0.5, 0.6) is 0 Å². The van der Waals surface area contributed by atoms with E-state index in [2.05, 4.69) is 9.80 Å². The van der Waals surface area contributed by atoms with Gasteiger partial charge in [-0.2, -0.15) is 0 Å². The molecule has 2 aliphatic heterocycles. The van der Waals surface area contributed by atoms with E-state index < -0.39 is 0 Å². The molecule has 114 valence electrons. The van der Waals surface area contributed by atoms with Gasteiger partial charge in [0.1, 0.15) is 0 Å². The zero-order chi connectivity index (χ0) is 14.0. The highest BCUT2D eigenvalue weighted by atomic mass is 16.2. The molecule has 0 radical (unpaired) electrons. The van der Waals surface area contributed by atoms with Crippen molar-refractivity contribution in [2.75, 3.05) is 32.7 Å². The van der Waals surface area contributed by atoms with Crippen molar-refractivity contribution >= 4 is 5.91 Å². The first-order valence-corrected chi connectivity index (χ1v) is 8.49. The molecule has 1 amide bonds. The summed E-state index contributed by atoms with van der Waals surface area (Å²) in [5.41, 5.74) is 5.83. The summed E-state index contributed by atoms with van der Waals surface area (Å²) in [6.45, 7) is 4.69. The Labute approximate surface area is 122 Å². The summed E-state index contributed by atoms with van der Waals surface area (Å²) >= 11 is 0. The van der Waals surface area contributed by atoms with E-state index in [4.69, 9.17) is 5.73 Å². The maximum Gasteiger partial charge on any atom is 0.230 e. The number of fused-ring (bicyclic) bond motifs is 1. The summed E-state index contributed by atoms with van der Waals surface area (Å²) in [7, 11) is 0. The lowest BCUT2D eigenvalue weighted by molar-refractivity contribution is -0.145. The number of amides is 1. The Morgan fingerprint density at radius 3 is 2.50 bits per heavy atom. The van der Waals surface area contributed by atoms with Crippen molar-refractivity contribution in [1.29, 1.82) is 0 Å². The minimum absolute atomic E-state index is 0.239. The van der Waals surface area contributed by atoms with Crippen LogP contribution in [-0.2, 0) is 4.79 Å². The lowest BCUT2D eigenvalue weighted by Crippen LogP contribution is -2.57. The van der Waals surface area contributed by atoms with Crippen molar-refractivity contribution in [2.24, 2.45) is 11.1 Å². The Kier molecular flexibility index (Phi) is 4.32. The van der Waals surface area contributed by atoms with Gasteiger partial charge in [0.15, 0.2) is 0 Å². The van der Waals surface area contributed by atoms with Gasteiger partial charge in [0, 0.05) is 32.2 Å². The first kappa shape index (κ1) is 14.3. The average molecular weight is 279 g/mol. The molecule has 1 saturated carbocycles. The van der Waals surface area contributed by atoms with Gasteiger partial charge in [-0.15, -0.1) is 0 Å². The van der Waals surface area contributed by atoms with Crippen molar-refractivity contribution in [2.45, 2.75) is 57.4 Å². The molecule has 0 aromatic carbocycles. The highest BCUT2D eigenvalue weighted by Crippen LogP contribution is 2.37. The van der Waals surface area contributed by atoms with Crippen molar-refractivity contribution in [1.82, 2.24) is 9.80 Å². The minimum atomic E-state index is -0.239. The number of nitrogens with zero attached hydrogens (tertiary/aromatic N) is 2. The molecule has 2 N–H and O–H groups in total. The summed E-state index contributed by atoms with van der Waals surface area (Å²) in [5.74, 6) is 0.369. The summed E-state index contributed by atoms with van der Waals surface area (Å²) in [6.07, 6.45) is 9.46. The molecule has 1 atom stereocenters. The zero-order valence-corrected chi connectivity index (χ0v) is 12.6. The van der Waals surface area contributed by atoms with Gasteiger partial charge in [-0.25, -0.2) is 0 Å². The van der Waals surface area contributed by atoms with E-state index in [1.165, 1.54) is 45.1 Å². The number of hydrogen-bond acceptors (Lipinski definition) is 3. The van der Waals surface area contributed by atoms with Crippen molar-refractivity contribution in [3.8, 4) is 0 Å². The van der Waals surface area contributed by atoms with E-state index in [1.54, 1.807) is 0 Å². The molecular formula is C16H29N3O.